The minimum Gasteiger partial charge on any atom is -0.479 e. The number of rotatable bonds is 3. The number of carboxylic acid groups (broad SMARTS) is 1. The Morgan fingerprint density at radius 1 is 0.971 bits per heavy atom. The maximum Gasteiger partial charge on any atom is 0.335 e. The van der Waals surface area contributed by atoms with Gasteiger partial charge in [0, 0.05) is 5.41 Å². The maximum absolute atomic E-state index is 11.4. The topological polar surface area (TPSA) is 137 Å². The smallest absolute Gasteiger partial charge is 0.335 e. The number of aliphatic hydroxyl groups is 4. The molecule has 1 saturated heterocycles. The van der Waals surface area contributed by atoms with Crippen molar-refractivity contribution in [3.8, 4) is 12.3 Å². The van der Waals surface area contributed by atoms with Crippen LogP contribution >= 0.6 is 0 Å². The summed E-state index contributed by atoms with van der Waals surface area (Å²) in [5.41, 5.74) is -1.19. The third-order valence-corrected chi connectivity index (χ3v) is 10.4. The number of hydrogen-bond acceptors (Lipinski definition) is 7. The van der Waals surface area contributed by atoms with E-state index in [2.05, 4.69) is 12.8 Å². The molecule has 0 aromatic heterocycles. The summed E-state index contributed by atoms with van der Waals surface area (Å²) in [4.78, 5) is 11.4. The first-order valence-corrected chi connectivity index (χ1v) is 12.9. The average Bonchev–Trinajstić information content (AvgIpc) is 3.10. The number of aliphatic carboxylic acids is 1. The lowest BCUT2D eigenvalue weighted by molar-refractivity contribution is -0.308. The summed E-state index contributed by atoms with van der Waals surface area (Å²) < 4.78 is 11.3. The number of carboxylic acids is 1. The first-order chi connectivity index (χ1) is 16.1. The lowest BCUT2D eigenvalue weighted by atomic mass is 9.49. The lowest BCUT2D eigenvalue weighted by Gasteiger charge is -2.57. The molecule has 1 aliphatic heterocycles. The highest BCUT2D eigenvalue weighted by Crippen LogP contribution is 2.65. The van der Waals surface area contributed by atoms with Gasteiger partial charge in [-0.25, -0.2) is 4.79 Å². The average molecular weight is 479 g/mol. The highest BCUT2D eigenvalue weighted by molar-refractivity contribution is 5.73. The van der Waals surface area contributed by atoms with Crippen molar-refractivity contribution in [2.24, 2.45) is 35.0 Å². The van der Waals surface area contributed by atoms with Crippen LogP contribution < -0.4 is 0 Å². The van der Waals surface area contributed by atoms with Gasteiger partial charge in [0.15, 0.2) is 12.4 Å². The molecule has 0 amide bonds. The lowest BCUT2D eigenvalue weighted by Crippen LogP contribution is -2.61. The van der Waals surface area contributed by atoms with Crippen molar-refractivity contribution in [1.82, 2.24) is 0 Å². The molecule has 5 rings (SSSR count). The van der Waals surface area contributed by atoms with Crippen molar-refractivity contribution in [2.45, 2.75) is 107 Å². The number of fused-ring (bicyclic) bond motifs is 5. The third-order valence-electron chi connectivity index (χ3n) is 10.4. The molecule has 13 atom stereocenters. The van der Waals surface area contributed by atoms with Crippen LogP contribution in [-0.4, -0.2) is 73.9 Å². The molecule has 4 saturated carbocycles. The number of aliphatic hydroxyl groups excluding tert-OH is 3. The summed E-state index contributed by atoms with van der Waals surface area (Å²) in [6, 6.07) is 0. The molecule has 8 nitrogen and oxygen atoms in total. The fraction of sp³-hybridized carbons (Fsp3) is 0.885. The standard InChI is InChI=1S/C26H38O8/c1-3-26(32)11-9-18-17-6-4-13-12-14(5-7-15(13)16(17)8-10-25(18,26)2)33-24-21(29)19(27)20(28)22(34-24)23(30)31/h1,13-22,24,27-29,32H,4-12H2,2H3,(H,30,31)/t13-,14-,15-,16+,17+,18-,19-,20-,21+,22-,24+,25-,26-/m0/s1. The number of terminal acetylenes is 1. The fourth-order valence-corrected chi connectivity index (χ4v) is 8.54. The van der Waals surface area contributed by atoms with Gasteiger partial charge < -0.3 is 35.0 Å². The molecule has 0 spiro atoms. The van der Waals surface area contributed by atoms with Crippen LogP contribution in [0.3, 0.4) is 0 Å². The zero-order valence-electron chi connectivity index (χ0n) is 19.8. The van der Waals surface area contributed by atoms with Gasteiger partial charge in [-0.15, -0.1) is 6.42 Å². The van der Waals surface area contributed by atoms with E-state index < -0.39 is 42.3 Å². The summed E-state index contributed by atoms with van der Waals surface area (Å²) in [5, 5.41) is 50.7. The largest absolute Gasteiger partial charge is 0.479 e. The summed E-state index contributed by atoms with van der Waals surface area (Å²) in [5.74, 6) is 4.11. The third kappa shape index (κ3) is 3.63. The van der Waals surface area contributed by atoms with Gasteiger partial charge in [-0.05, 0) is 87.4 Å². The van der Waals surface area contributed by atoms with E-state index in [1.807, 2.05) is 0 Å². The predicted molar refractivity (Wildman–Crippen MR) is 120 cm³/mol. The molecule has 1 heterocycles. The molecular formula is C26H38O8. The number of ether oxygens (including phenoxy) is 2. The van der Waals surface area contributed by atoms with Gasteiger partial charge in [0.2, 0.25) is 0 Å². The Kier molecular flexibility index (Phi) is 6.28. The van der Waals surface area contributed by atoms with Crippen LogP contribution in [0, 0.1) is 47.3 Å². The zero-order valence-corrected chi connectivity index (χ0v) is 19.8. The molecule has 4 aliphatic carbocycles. The van der Waals surface area contributed by atoms with Gasteiger partial charge in [-0.1, -0.05) is 12.8 Å². The predicted octanol–water partition coefficient (Wildman–Crippen LogP) is 1.28. The van der Waals surface area contributed by atoms with Gasteiger partial charge in [0.25, 0.3) is 0 Å². The van der Waals surface area contributed by atoms with Crippen LogP contribution in [0.4, 0.5) is 0 Å². The van der Waals surface area contributed by atoms with Crippen molar-refractivity contribution in [3.05, 3.63) is 0 Å². The Balaban J connectivity index is 1.23. The maximum atomic E-state index is 11.4. The first kappa shape index (κ1) is 24.5. The second-order valence-electron chi connectivity index (χ2n) is 11.7. The van der Waals surface area contributed by atoms with Crippen LogP contribution in [0.1, 0.15) is 64.7 Å². The van der Waals surface area contributed by atoms with Crippen molar-refractivity contribution < 1.29 is 39.8 Å². The Morgan fingerprint density at radius 2 is 1.71 bits per heavy atom. The van der Waals surface area contributed by atoms with Gasteiger partial charge in [0.05, 0.1) is 6.10 Å². The van der Waals surface area contributed by atoms with Gasteiger partial charge in [-0.3, -0.25) is 0 Å². The minimum absolute atomic E-state index is 0.193. The molecule has 0 aromatic carbocycles. The molecule has 34 heavy (non-hydrogen) atoms. The molecule has 8 heteroatoms. The second kappa shape index (κ2) is 8.72. The van der Waals surface area contributed by atoms with E-state index in [1.54, 1.807) is 0 Å². The highest BCUT2D eigenvalue weighted by atomic mass is 16.7. The molecule has 0 bridgehead atoms. The summed E-state index contributed by atoms with van der Waals surface area (Å²) in [6.07, 6.45) is 6.33. The highest BCUT2D eigenvalue weighted by Gasteiger charge is 2.62. The summed E-state index contributed by atoms with van der Waals surface area (Å²) in [7, 11) is 0. The van der Waals surface area contributed by atoms with E-state index in [0.717, 1.165) is 51.4 Å². The van der Waals surface area contributed by atoms with E-state index in [4.69, 9.17) is 15.9 Å². The van der Waals surface area contributed by atoms with Crippen molar-refractivity contribution in [1.29, 1.82) is 0 Å². The molecule has 5 N–H and O–H groups in total. The van der Waals surface area contributed by atoms with E-state index in [1.165, 1.54) is 0 Å². The first-order valence-electron chi connectivity index (χ1n) is 12.9. The van der Waals surface area contributed by atoms with Crippen LogP contribution in [0.2, 0.25) is 0 Å². The molecular weight excluding hydrogens is 440 g/mol. The quantitative estimate of drug-likeness (QED) is 0.302. The molecule has 5 fully saturated rings. The Hall–Kier alpha value is -1.21. The normalized spacial score (nSPS) is 54.9. The molecule has 0 aromatic rings. The monoisotopic (exact) mass is 478 g/mol. The van der Waals surface area contributed by atoms with Crippen molar-refractivity contribution in [3.63, 3.8) is 0 Å². The Bertz CT molecular complexity index is 841. The van der Waals surface area contributed by atoms with Crippen LogP contribution in [0.15, 0.2) is 0 Å². The Labute approximate surface area is 200 Å². The van der Waals surface area contributed by atoms with Crippen LogP contribution in [-0.2, 0) is 14.3 Å². The molecule has 0 unspecified atom stereocenters. The number of hydrogen-bond donors (Lipinski definition) is 5. The van der Waals surface area contributed by atoms with Crippen LogP contribution in [0.25, 0.3) is 0 Å². The minimum atomic E-state index is -1.71. The Morgan fingerprint density at radius 3 is 2.41 bits per heavy atom. The summed E-state index contributed by atoms with van der Waals surface area (Å²) in [6.45, 7) is 2.20. The van der Waals surface area contributed by atoms with E-state index in [9.17, 15) is 30.3 Å². The molecule has 5 aliphatic rings. The van der Waals surface area contributed by atoms with Gasteiger partial charge >= 0.3 is 5.97 Å². The SMILES string of the molecule is C#C[C@]1(O)CC[C@H]2[C@@H]3CC[C@H]4C[C@@H](O[C@@H]5O[C@H](C(=O)O)[C@@H](O)[C@H](O)[C@H]5O)CC[C@@H]4[C@H]3CC[C@@]21C. The number of carbonyl (C=O) groups is 1. The van der Waals surface area contributed by atoms with E-state index in [0.29, 0.717) is 36.0 Å². The van der Waals surface area contributed by atoms with E-state index in [-0.39, 0.29) is 11.5 Å². The van der Waals surface area contributed by atoms with Crippen LogP contribution in [0.5, 0.6) is 0 Å². The zero-order chi connectivity index (χ0) is 24.4. The van der Waals surface area contributed by atoms with E-state index >= 15 is 0 Å². The summed E-state index contributed by atoms with van der Waals surface area (Å²) >= 11 is 0. The van der Waals surface area contributed by atoms with Crippen molar-refractivity contribution >= 4 is 5.97 Å². The van der Waals surface area contributed by atoms with Gasteiger partial charge in [0.1, 0.15) is 23.9 Å². The second-order valence-corrected chi connectivity index (χ2v) is 11.7. The molecule has 0 radical (unpaired) electrons. The fourth-order valence-electron chi connectivity index (χ4n) is 8.54. The van der Waals surface area contributed by atoms with Gasteiger partial charge in [-0.2, -0.15) is 0 Å². The molecule has 190 valence electrons. The van der Waals surface area contributed by atoms with Crippen molar-refractivity contribution in [2.75, 3.05) is 0 Å².